The van der Waals surface area contributed by atoms with E-state index < -0.39 is 5.97 Å². The van der Waals surface area contributed by atoms with Crippen LogP contribution < -0.4 is 5.32 Å². The predicted octanol–water partition coefficient (Wildman–Crippen LogP) is 2.37. The third-order valence-corrected chi connectivity index (χ3v) is 2.62. The maximum Gasteiger partial charge on any atom is 0.308 e. The standard InChI is InChI=1S/C12H25NO2/c1-9(2)6-5-7-13-8-11(10(3)4)12(14)15/h9-11,13H,5-8H2,1-4H3,(H,14,15). The zero-order valence-electron chi connectivity index (χ0n) is 10.4. The summed E-state index contributed by atoms with van der Waals surface area (Å²) in [7, 11) is 0. The van der Waals surface area contributed by atoms with Crippen LogP contribution in [0.25, 0.3) is 0 Å². The maximum absolute atomic E-state index is 10.9. The van der Waals surface area contributed by atoms with Crippen LogP contribution in [0.2, 0.25) is 0 Å². The van der Waals surface area contributed by atoms with Crippen LogP contribution in [0.5, 0.6) is 0 Å². The first kappa shape index (κ1) is 14.4. The monoisotopic (exact) mass is 215 g/mol. The van der Waals surface area contributed by atoms with Crippen molar-refractivity contribution in [3.8, 4) is 0 Å². The highest BCUT2D eigenvalue weighted by atomic mass is 16.4. The van der Waals surface area contributed by atoms with Crippen LogP contribution >= 0.6 is 0 Å². The Morgan fingerprint density at radius 2 is 1.87 bits per heavy atom. The quantitative estimate of drug-likeness (QED) is 0.611. The van der Waals surface area contributed by atoms with Crippen molar-refractivity contribution < 1.29 is 9.90 Å². The Kier molecular flexibility index (Phi) is 7.39. The summed E-state index contributed by atoms with van der Waals surface area (Å²) in [5, 5.41) is 12.2. The van der Waals surface area contributed by atoms with E-state index in [1.807, 2.05) is 13.8 Å². The van der Waals surface area contributed by atoms with Crippen LogP contribution in [0, 0.1) is 17.8 Å². The van der Waals surface area contributed by atoms with E-state index in [9.17, 15) is 4.79 Å². The van der Waals surface area contributed by atoms with E-state index in [0.29, 0.717) is 6.54 Å². The molecular formula is C12H25NO2. The summed E-state index contributed by atoms with van der Waals surface area (Å²) in [6.45, 7) is 9.82. The lowest BCUT2D eigenvalue weighted by atomic mass is 9.96. The maximum atomic E-state index is 10.9. The molecule has 3 nitrogen and oxygen atoms in total. The van der Waals surface area contributed by atoms with Crippen molar-refractivity contribution in [2.45, 2.75) is 40.5 Å². The highest BCUT2D eigenvalue weighted by Crippen LogP contribution is 2.09. The minimum atomic E-state index is -0.693. The molecule has 0 radical (unpaired) electrons. The van der Waals surface area contributed by atoms with Crippen molar-refractivity contribution in [2.24, 2.45) is 17.8 Å². The SMILES string of the molecule is CC(C)CCCNCC(C(=O)O)C(C)C. The molecule has 0 spiro atoms. The predicted molar refractivity (Wildman–Crippen MR) is 62.9 cm³/mol. The molecule has 0 rings (SSSR count). The second-order valence-corrected chi connectivity index (χ2v) is 4.93. The van der Waals surface area contributed by atoms with Gasteiger partial charge in [-0.25, -0.2) is 0 Å². The van der Waals surface area contributed by atoms with Gasteiger partial charge in [0.05, 0.1) is 5.92 Å². The van der Waals surface area contributed by atoms with Gasteiger partial charge in [-0.2, -0.15) is 0 Å². The fourth-order valence-electron chi connectivity index (χ4n) is 1.50. The molecule has 0 aromatic rings. The number of nitrogens with one attached hydrogen (secondary N) is 1. The van der Waals surface area contributed by atoms with Crippen LogP contribution in [0.4, 0.5) is 0 Å². The second-order valence-electron chi connectivity index (χ2n) is 4.93. The van der Waals surface area contributed by atoms with Crippen molar-refractivity contribution in [2.75, 3.05) is 13.1 Å². The molecule has 0 aliphatic heterocycles. The molecule has 0 heterocycles. The summed E-state index contributed by atoms with van der Waals surface area (Å²) >= 11 is 0. The van der Waals surface area contributed by atoms with E-state index in [1.54, 1.807) is 0 Å². The number of hydrogen-bond acceptors (Lipinski definition) is 2. The van der Waals surface area contributed by atoms with E-state index in [-0.39, 0.29) is 11.8 Å². The third kappa shape index (κ3) is 7.37. The minimum absolute atomic E-state index is 0.195. The highest BCUT2D eigenvalue weighted by molar-refractivity contribution is 5.70. The van der Waals surface area contributed by atoms with Gasteiger partial charge in [0, 0.05) is 6.54 Å². The lowest BCUT2D eigenvalue weighted by Gasteiger charge is -2.16. The van der Waals surface area contributed by atoms with E-state index in [4.69, 9.17) is 5.11 Å². The van der Waals surface area contributed by atoms with Gasteiger partial charge in [-0.15, -0.1) is 0 Å². The molecule has 0 aliphatic rings. The molecule has 0 aromatic heterocycles. The molecule has 0 saturated carbocycles. The molecule has 1 unspecified atom stereocenters. The fraction of sp³-hybridized carbons (Fsp3) is 0.917. The van der Waals surface area contributed by atoms with E-state index in [0.717, 1.165) is 18.9 Å². The zero-order valence-corrected chi connectivity index (χ0v) is 10.4. The molecule has 0 aromatic carbocycles. The number of carboxylic acids is 1. The summed E-state index contributed by atoms with van der Waals surface area (Å²) < 4.78 is 0. The largest absolute Gasteiger partial charge is 0.481 e. The first-order valence-electron chi connectivity index (χ1n) is 5.88. The van der Waals surface area contributed by atoms with E-state index in [2.05, 4.69) is 19.2 Å². The molecule has 0 amide bonds. The normalized spacial score (nSPS) is 13.5. The summed E-state index contributed by atoms with van der Waals surface area (Å²) in [6, 6.07) is 0. The molecule has 15 heavy (non-hydrogen) atoms. The molecule has 3 heteroatoms. The van der Waals surface area contributed by atoms with Gasteiger partial charge in [0.1, 0.15) is 0 Å². The molecule has 2 N–H and O–H groups in total. The minimum Gasteiger partial charge on any atom is -0.481 e. The summed E-state index contributed by atoms with van der Waals surface area (Å²) in [6.07, 6.45) is 2.33. The average molecular weight is 215 g/mol. The van der Waals surface area contributed by atoms with Gasteiger partial charge in [0.2, 0.25) is 0 Å². The van der Waals surface area contributed by atoms with Crippen LogP contribution in [-0.2, 0) is 4.79 Å². The van der Waals surface area contributed by atoms with Gasteiger partial charge in [0.25, 0.3) is 0 Å². The van der Waals surface area contributed by atoms with Crippen LogP contribution in [0.1, 0.15) is 40.5 Å². The van der Waals surface area contributed by atoms with Gasteiger partial charge in [-0.3, -0.25) is 4.79 Å². The Bertz CT molecular complexity index is 178. The molecular weight excluding hydrogens is 190 g/mol. The number of aliphatic carboxylic acids is 1. The Morgan fingerprint density at radius 3 is 2.27 bits per heavy atom. The molecule has 0 saturated heterocycles. The van der Waals surface area contributed by atoms with Crippen LogP contribution in [0.15, 0.2) is 0 Å². The number of rotatable bonds is 8. The van der Waals surface area contributed by atoms with Gasteiger partial charge < -0.3 is 10.4 Å². The van der Waals surface area contributed by atoms with Gasteiger partial charge in [0.15, 0.2) is 0 Å². The number of hydrogen-bond donors (Lipinski definition) is 2. The van der Waals surface area contributed by atoms with Crippen molar-refractivity contribution in [3.63, 3.8) is 0 Å². The van der Waals surface area contributed by atoms with Crippen LogP contribution in [0.3, 0.4) is 0 Å². The lowest BCUT2D eigenvalue weighted by molar-refractivity contribution is -0.143. The van der Waals surface area contributed by atoms with Crippen molar-refractivity contribution in [1.82, 2.24) is 5.32 Å². The average Bonchev–Trinajstić information content (AvgIpc) is 2.08. The second kappa shape index (κ2) is 7.69. The lowest BCUT2D eigenvalue weighted by Crippen LogP contribution is -2.32. The summed E-state index contributed by atoms with van der Waals surface area (Å²) in [5.41, 5.74) is 0. The Hall–Kier alpha value is -0.570. The molecule has 0 bridgehead atoms. The fourth-order valence-corrected chi connectivity index (χ4v) is 1.50. The zero-order chi connectivity index (χ0) is 11.8. The topological polar surface area (TPSA) is 49.3 Å². The van der Waals surface area contributed by atoms with Gasteiger partial charge >= 0.3 is 5.97 Å². The van der Waals surface area contributed by atoms with Crippen LogP contribution in [-0.4, -0.2) is 24.2 Å². The molecule has 0 fully saturated rings. The molecule has 1 atom stereocenters. The van der Waals surface area contributed by atoms with Crippen molar-refractivity contribution >= 4 is 5.97 Å². The van der Waals surface area contributed by atoms with Gasteiger partial charge in [-0.05, 0) is 31.2 Å². The Morgan fingerprint density at radius 1 is 1.27 bits per heavy atom. The third-order valence-electron chi connectivity index (χ3n) is 2.62. The Balaban J connectivity index is 3.59. The smallest absolute Gasteiger partial charge is 0.308 e. The highest BCUT2D eigenvalue weighted by Gasteiger charge is 2.20. The Labute approximate surface area is 93.3 Å². The number of carbonyl (C=O) groups is 1. The van der Waals surface area contributed by atoms with E-state index >= 15 is 0 Å². The van der Waals surface area contributed by atoms with Crippen molar-refractivity contribution in [1.29, 1.82) is 0 Å². The summed E-state index contributed by atoms with van der Waals surface area (Å²) in [4.78, 5) is 10.9. The molecule has 90 valence electrons. The first-order chi connectivity index (χ1) is 6.95. The number of carboxylic acid groups (broad SMARTS) is 1. The summed E-state index contributed by atoms with van der Waals surface area (Å²) in [5.74, 6) is -0.0299. The van der Waals surface area contributed by atoms with E-state index in [1.165, 1.54) is 6.42 Å². The molecule has 0 aliphatic carbocycles. The van der Waals surface area contributed by atoms with Crippen molar-refractivity contribution in [3.05, 3.63) is 0 Å². The van der Waals surface area contributed by atoms with Gasteiger partial charge in [-0.1, -0.05) is 27.7 Å². The first-order valence-corrected chi connectivity index (χ1v) is 5.88.